The molecule has 1 heterocycles. The number of nitriles is 1. The molecule has 156 valence electrons. The first-order valence-electron chi connectivity index (χ1n) is 9.97. The molecule has 4 rings (SSSR count). The number of nitrogens with zero attached hydrogens (tertiary/aromatic N) is 3. The van der Waals surface area contributed by atoms with E-state index in [2.05, 4.69) is 6.07 Å². The summed E-state index contributed by atoms with van der Waals surface area (Å²) in [6.45, 7) is 0. The van der Waals surface area contributed by atoms with Gasteiger partial charge in [0.15, 0.2) is 17.5 Å². The molecule has 3 aromatic rings. The number of aromatic hydroxyl groups is 1. The van der Waals surface area contributed by atoms with Crippen molar-refractivity contribution in [2.24, 2.45) is 5.10 Å². The van der Waals surface area contributed by atoms with Crippen molar-refractivity contribution in [2.45, 2.75) is 18.5 Å². The van der Waals surface area contributed by atoms with Gasteiger partial charge in [0, 0.05) is 12.0 Å². The predicted molar refractivity (Wildman–Crippen MR) is 118 cm³/mol. The number of phenolic OH excluding ortho intramolecular Hbond substituents is 1. The highest BCUT2D eigenvalue weighted by Crippen LogP contribution is 2.43. The normalized spacial score (nSPS) is 16.4. The van der Waals surface area contributed by atoms with Crippen LogP contribution in [-0.4, -0.2) is 30.0 Å². The van der Waals surface area contributed by atoms with E-state index in [0.717, 1.165) is 22.6 Å². The van der Waals surface area contributed by atoms with Gasteiger partial charge in [0.25, 0.3) is 0 Å². The quantitative estimate of drug-likeness (QED) is 0.627. The van der Waals surface area contributed by atoms with Crippen LogP contribution < -0.4 is 9.47 Å². The summed E-state index contributed by atoms with van der Waals surface area (Å²) in [5, 5.41) is 27.4. The zero-order valence-electron chi connectivity index (χ0n) is 17.4. The lowest BCUT2D eigenvalue weighted by atomic mass is 9.96. The second-order valence-electron chi connectivity index (χ2n) is 7.22. The summed E-state index contributed by atoms with van der Waals surface area (Å²) in [7, 11) is 3.12. The zero-order valence-corrected chi connectivity index (χ0v) is 17.4. The third kappa shape index (κ3) is 3.90. The molecule has 0 aromatic heterocycles. The lowest BCUT2D eigenvalue weighted by Crippen LogP contribution is -2.24. The van der Waals surface area contributed by atoms with Crippen molar-refractivity contribution in [3.05, 3.63) is 89.5 Å². The first-order chi connectivity index (χ1) is 15.2. The van der Waals surface area contributed by atoms with E-state index in [1.54, 1.807) is 30.3 Å². The monoisotopic (exact) mass is 413 g/mol. The molecule has 6 heteroatoms. The molecule has 31 heavy (non-hydrogen) atoms. The van der Waals surface area contributed by atoms with Gasteiger partial charge in [-0.25, -0.2) is 0 Å². The van der Waals surface area contributed by atoms with Crippen LogP contribution in [0.1, 0.15) is 35.2 Å². The van der Waals surface area contributed by atoms with Crippen molar-refractivity contribution >= 4 is 5.71 Å². The standard InChI is InChI=1S/C25H23N3O3/c1-30-19-13-11-17(12-14-19)21-15-22(18-7-4-3-5-8-18)28(27-21)23(16-26)20-9-6-10-24(31-2)25(20)29/h3-14,22-23,29H,15H2,1-2H3/t22-,23+/m0/s1. The molecule has 0 bridgehead atoms. The Morgan fingerprint density at radius 2 is 1.74 bits per heavy atom. The number of hydrogen-bond donors (Lipinski definition) is 1. The van der Waals surface area contributed by atoms with Crippen LogP contribution in [0.15, 0.2) is 77.9 Å². The van der Waals surface area contributed by atoms with E-state index in [9.17, 15) is 10.4 Å². The van der Waals surface area contributed by atoms with Crippen molar-refractivity contribution in [3.8, 4) is 23.3 Å². The second kappa shape index (κ2) is 8.80. The smallest absolute Gasteiger partial charge is 0.164 e. The highest BCUT2D eigenvalue weighted by atomic mass is 16.5. The van der Waals surface area contributed by atoms with Crippen LogP contribution in [0.2, 0.25) is 0 Å². The molecule has 0 saturated heterocycles. The number of para-hydroxylation sites is 1. The van der Waals surface area contributed by atoms with Gasteiger partial charge in [0.2, 0.25) is 0 Å². The van der Waals surface area contributed by atoms with Crippen molar-refractivity contribution < 1.29 is 14.6 Å². The van der Waals surface area contributed by atoms with E-state index < -0.39 is 6.04 Å². The van der Waals surface area contributed by atoms with Gasteiger partial charge in [-0.15, -0.1) is 0 Å². The lowest BCUT2D eigenvalue weighted by molar-refractivity contribution is 0.193. The predicted octanol–water partition coefficient (Wildman–Crippen LogP) is 4.83. The Hall–Kier alpha value is -3.98. The van der Waals surface area contributed by atoms with E-state index in [0.29, 0.717) is 17.7 Å². The van der Waals surface area contributed by atoms with Crippen LogP contribution in [0.25, 0.3) is 0 Å². The SMILES string of the molecule is COc1ccc(C2=NN([C@H](C#N)c3cccc(OC)c3O)[C@H](c3ccccc3)C2)cc1. The summed E-state index contributed by atoms with van der Waals surface area (Å²) in [5.41, 5.74) is 3.36. The fourth-order valence-corrected chi connectivity index (χ4v) is 3.86. The average molecular weight is 413 g/mol. The Morgan fingerprint density at radius 1 is 1.00 bits per heavy atom. The minimum atomic E-state index is -0.781. The minimum absolute atomic E-state index is 0.0449. The first kappa shape index (κ1) is 20.3. The summed E-state index contributed by atoms with van der Waals surface area (Å²) in [5.74, 6) is 1.05. The molecule has 2 atom stereocenters. The van der Waals surface area contributed by atoms with Crippen LogP contribution in [0.4, 0.5) is 0 Å². The van der Waals surface area contributed by atoms with Gasteiger partial charge < -0.3 is 14.6 Å². The van der Waals surface area contributed by atoms with Crippen LogP contribution in [0.5, 0.6) is 17.2 Å². The summed E-state index contributed by atoms with van der Waals surface area (Å²) in [6, 6.07) is 24.3. The zero-order chi connectivity index (χ0) is 21.8. The fourth-order valence-electron chi connectivity index (χ4n) is 3.86. The molecule has 6 nitrogen and oxygen atoms in total. The van der Waals surface area contributed by atoms with E-state index in [1.807, 2.05) is 54.6 Å². The second-order valence-corrected chi connectivity index (χ2v) is 7.22. The highest BCUT2D eigenvalue weighted by Gasteiger charge is 2.36. The molecule has 0 amide bonds. The van der Waals surface area contributed by atoms with Gasteiger partial charge in [-0.1, -0.05) is 42.5 Å². The van der Waals surface area contributed by atoms with Gasteiger partial charge in [0.1, 0.15) is 5.75 Å². The third-order valence-corrected chi connectivity index (χ3v) is 5.48. The number of rotatable bonds is 6. The largest absolute Gasteiger partial charge is 0.504 e. The third-order valence-electron chi connectivity index (χ3n) is 5.48. The van der Waals surface area contributed by atoms with Crippen LogP contribution in [-0.2, 0) is 0 Å². The van der Waals surface area contributed by atoms with Gasteiger partial charge in [-0.2, -0.15) is 10.4 Å². The Kier molecular flexibility index (Phi) is 5.76. The molecular weight excluding hydrogens is 390 g/mol. The molecule has 1 aliphatic heterocycles. The molecule has 3 aromatic carbocycles. The number of methoxy groups -OCH3 is 2. The van der Waals surface area contributed by atoms with Gasteiger partial charge in [0.05, 0.1) is 32.0 Å². The maximum atomic E-state index is 10.7. The molecule has 0 fully saturated rings. The summed E-state index contributed by atoms with van der Waals surface area (Å²) < 4.78 is 10.5. The van der Waals surface area contributed by atoms with Crippen molar-refractivity contribution in [1.29, 1.82) is 5.26 Å². The van der Waals surface area contributed by atoms with Crippen LogP contribution >= 0.6 is 0 Å². The van der Waals surface area contributed by atoms with E-state index in [-0.39, 0.29) is 11.8 Å². The number of benzene rings is 3. The number of phenols is 1. The number of hydrogen-bond acceptors (Lipinski definition) is 6. The molecule has 1 aliphatic rings. The maximum Gasteiger partial charge on any atom is 0.164 e. The minimum Gasteiger partial charge on any atom is -0.504 e. The van der Waals surface area contributed by atoms with Crippen molar-refractivity contribution in [3.63, 3.8) is 0 Å². The molecule has 0 radical (unpaired) electrons. The first-order valence-corrected chi connectivity index (χ1v) is 9.97. The molecule has 0 unspecified atom stereocenters. The molecule has 0 saturated carbocycles. The average Bonchev–Trinajstić information content (AvgIpc) is 3.26. The lowest BCUT2D eigenvalue weighted by Gasteiger charge is -2.29. The van der Waals surface area contributed by atoms with E-state index >= 15 is 0 Å². The molecule has 0 aliphatic carbocycles. The molecule has 1 N–H and O–H groups in total. The van der Waals surface area contributed by atoms with Gasteiger partial charge >= 0.3 is 0 Å². The van der Waals surface area contributed by atoms with Crippen LogP contribution in [0, 0.1) is 11.3 Å². The summed E-state index contributed by atoms with van der Waals surface area (Å²) in [4.78, 5) is 0. The summed E-state index contributed by atoms with van der Waals surface area (Å²) >= 11 is 0. The van der Waals surface area contributed by atoms with Crippen LogP contribution in [0.3, 0.4) is 0 Å². The Labute approximate surface area is 181 Å². The Bertz CT molecular complexity index is 1120. The van der Waals surface area contributed by atoms with Crippen molar-refractivity contribution in [2.75, 3.05) is 14.2 Å². The Balaban J connectivity index is 1.78. The van der Waals surface area contributed by atoms with Gasteiger partial charge in [-0.3, -0.25) is 5.01 Å². The topological polar surface area (TPSA) is 78.1 Å². The Morgan fingerprint density at radius 3 is 2.39 bits per heavy atom. The fraction of sp³-hybridized carbons (Fsp3) is 0.200. The van der Waals surface area contributed by atoms with E-state index in [1.165, 1.54) is 7.11 Å². The summed E-state index contributed by atoms with van der Waals surface area (Å²) in [6.07, 6.45) is 0.638. The maximum absolute atomic E-state index is 10.7. The number of hydrazone groups is 1. The van der Waals surface area contributed by atoms with Gasteiger partial charge in [-0.05, 0) is 41.5 Å². The molecule has 0 spiro atoms. The molecular formula is C25H23N3O3. The highest BCUT2D eigenvalue weighted by molar-refractivity contribution is 6.02. The number of ether oxygens (including phenoxy) is 2. The van der Waals surface area contributed by atoms with Crippen molar-refractivity contribution in [1.82, 2.24) is 5.01 Å². The van der Waals surface area contributed by atoms with E-state index in [4.69, 9.17) is 14.6 Å².